The van der Waals surface area contributed by atoms with Crippen LogP contribution >= 0.6 is 0 Å². The van der Waals surface area contributed by atoms with Crippen LogP contribution < -0.4 is 4.57 Å². The van der Waals surface area contributed by atoms with Crippen molar-refractivity contribution in [3.8, 4) is 0 Å². The van der Waals surface area contributed by atoms with Crippen LogP contribution in [0.1, 0.15) is 27.0 Å². The van der Waals surface area contributed by atoms with Gasteiger partial charge in [0, 0.05) is 17.7 Å². The molecule has 4 aromatic rings. The number of nitro groups is 1. The van der Waals surface area contributed by atoms with Gasteiger partial charge in [0.05, 0.1) is 4.92 Å². The number of carbonyl (C=O) groups is 1. The predicted molar refractivity (Wildman–Crippen MR) is 115 cm³/mol. The van der Waals surface area contributed by atoms with E-state index in [4.69, 9.17) is 0 Å². The van der Waals surface area contributed by atoms with Crippen molar-refractivity contribution in [1.82, 2.24) is 4.57 Å². The molecule has 0 radical (unpaired) electrons. The maximum Gasteiger partial charge on any atom is 0.270 e. The van der Waals surface area contributed by atoms with Crippen LogP contribution in [0.15, 0.2) is 73.1 Å². The summed E-state index contributed by atoms with van der Waals surface area (Å²) in [7, 11) is 0. The first-order valence-electron chi connectivity index (χ1n) is 9.73. The van der Waals surface area contributed by atoms with Crippen molar-refractivity contribution in [2.45, 2.75) is 26.9 Å². The van der Waals surface area contributed by atoms with Crippen molar-refractivity contribution in [3.63, 3.8) is 0 Å². The number of hydrogen-bond donors (Lipinski definition) is 0. The Kier molecular flexibility index (Phi) is 5.14. The number of nitro benzene ring substituents is 1. The Morgan fingerprint density at radius 3 is 2.47 bits per heavy atom. The van der Waals surface area contributed by atoms with Gasteiger partial charge in [0.15, 0.2) is 17.6 Å². The van der Waals surface area contributed by atoms with Gasteiger partial charge in [0.2, 0.25) is 12.1 Å². The zero-order valence-corrected chi connectivity index (χ0v) is 16.9. The van der Waals surface area contributed by atoms with Crippen LogP contribution in [-0.4, -0.2) is 15.3 Å². The van der Waals surface area contributed by atoms with Crippen LogP contribution in [0.4, 0.5) is 5.69 Å². The summed E-state index contributed by atoms with van der Waals surface area (Å²) in [5.41, 5.74) is 5.78. The summed E-state index contributed by atoms with van der Waals surface area (Å²) in [4.78, 5) is 23.5. The van der Waals surface area contributed by atoms with Crippen LogP contribution in [0.3, 0.4) is 0 Å². The van der Waals surface area contributed by atoms with E-state index in [0.717, 1.165) is 16.6 Å². The lowest BCUT2D eigenvalue weighted by molar-refractivity contribution is -0.663. The highest BCUT2D eigenvalue weighted by atomic mass is 16.6. The van der Waals surface area contributed by atoms with Gasteiger partial charge in [-0.15, -0.1) is 0 Å². The van der Waals surface area contributed by atoms with Gasteiger partial charge >= 0.3 is 0 Å². The maximum atomic E-state index is 12.9. The quantitative estimate of drug-likeness (QED) is 0.209. The maximum absolute atomic E-state index is 12.9. The van der Waals surface area contributed by atoms with Gasteiger partial charge in [-0.2, -0.15) is 0 Å². The zero-order chi connectivity index (χ0) is 21.3. The number of benzene rings is 3. The Morgan fingerprint density at radius 1 is 1.00 bits per heavy atom. The smallest absolute Gasteiger partial charge is 0.270 e. The minimum absolute atomic E-state index is 0.0798. The average molecular weight is 400 g/mol. The molecule has 0 spiro atoms. The number of imidazole rings is 1. The molecule has 150 valence electrons. The summed E-state index contributed by atoms with van der Waals surface area (Å²) in [6.45, 7) is 4.93. The van der Waals surface area contributed by atoms with Crippen LogP contribution in [0.5, 0.6) is 0 Å². The lowest BCUT2D eigenvalue weighted by atomic mass is 10.1. The third-order valence-electron chi connectivity index (χ3n) is 5.38. The van der Waals surface area contributed by atoms with Gasteiger partial charge in [0.25, 0.3) is 5.69 Å². The molecule has 0 bridgehead atoms. The molecule has 0 fully saturated rings. The summed E-state index contributed by atoms with van der Waals surface area (Å²) in [5, 5.41) is 11.0. The molecule has 0 aliphatic heterocycles. The van der Waals surface area contributed by atoms with Gasteiger partial charge in [-0.05, 0) is 42.7 Å². The first kappa shape index (κ1) is 19.5. The van der Waals surface area contributed by atoms with Gasteiger partial charge in [0.1, 0.15) is 6.54 Å². The Morgan fingerprint density at radius 2 is 1.73 bits per heavy atom. The molecule has 6 heteroatoms. The van der Waals surface area contributed by atoms with E-state index in [1.165, 1.54) is 23.3 Å². The molecule has 1 aromatic heterocycles. The number of aryl methyl sites for hydroxylation is 2. The molecule has 30 heavy (non-hydrogen) atoms. The monoisotopic (exact) mass is 400 g/mol. The average Bonchev–Trinajstić information content (AvgIpc) is 3.05. The number of carbonyl (C=O) groups excluding carboxylic acids is 1. The van der Waals surface area contributed by atoms with E-state index < -0.39 is 4.92 Å². The number of non-ortho nitro benzene ring substituents is 1. The van der Waals surface area contributed by atoms with Crippen molar-refractivity contribution >= 4 is 22.5 Å². The van der Waals surface area contributed by atoms with Crippen LogP contribution in [0.25, 0.3) is 11.0 Å². The van der Waals surface area contributed by atoms with Crippen molar-refractivity contribution < 1.29 is 14.3 Å². The topological polar surface area (TPSA) is 69.0 Å². The third kappa shape index (κ3) is 3.85. The summed E-state index contributed by atoms with van der Waals surface area (Å²) >= 11 is 0. The molecule has 0 aliphatic carbocycles. The largest absolute Gasteiger partial charge is 0.290 e. The molecule has 0 amide bonds. The standard InChI is InChI=1S/C24H22N3O3/c1-17-11-22-23(12-18(17)2)26(16-25(22)14-19-7-4-3-5-8-19)15-24(28)20-9-6-10-21(13-20)27(29)30/h3-13,16H,14-15H2,1-2H3/q+1. The lowest BCUT2D eigenvalue weighted by Gasteiger charge is -2.02. The van der Waals surface area contributed by atoms with E-state index in [0.29, 0.717) is 12.1 Å². The number of nitrogens with zero attached hydrogens (tertiary/aromatic N) is 3. The minimum atomic E-state index is -0.484. The summed E-state index contributed by atoms with van der Waals surface area (Å²) in [6, 6.07) is 20.3. The number of aromatic nitrogens is 2. The fourth-order valence-corrected chi connectivity index (χ4v) is 3.61. The predicted octanol–water partition coefficient (Wildman–Crippen LogP) is 4.39. The summed E-state index contributed by atoms with van der Waals surface area (Å²) in [5.74, 6) is -0.166. The van der Waals surface area contributed by atoms with E-state index in [9.17, 15) is 14.9 Å². The van der Waals surface area contributed by atoms with E-state index in [2.05, 4.69) is 42.7 Å². The first-order valence-corrected chi connectivity index (χ1v) is 9.73. The SMILES string of the molecule is Cc1cc2c(cc1C)[n+](Cc1ccccc1)cn2CC(=O)c1cccc([N+](=O)[O-])c1. The molecular formula is C24H22N3O3+. The van der Waals surface area contributed by atoms with Crippen molar-refractivity contribution in [3.05, 3.63) is 105 Å². The van der Waals surface area contributed by atoms with E-state index >= 15 is 0 Å². The van der Waals surface area contributed by atoms with Crippen LogP contribution in [0.2, 0.25) is 0 Å². The second-order valence-corrected chi connectivity index (χ2v) is 7.51. The van der Waals surface area contributed by atoms with Gasteiger partial charge in [-0.3, -0.25) is 14.9 Å². The highest BCUT2D eigenvalue weighted by Gasteiger charge is 2.21. The highest BCUT2D eigenvalue weighted by molar-refractivity contribution is 5.97. The molecular weight excluding hydrogens is 378 g/mol. The van der Waals surface area contributed by atoms with Crippen molar-refractivity contribution in [1.29, 1.82) is 0 Å². The molecule has 3 aromatic carbocycles. The Hall–Kier alpha value is -3.80. The fourth-order valence-electron chi connectivity index (χ4n) is 3.61. The third-order valence-corrected chi connectivity index (χ3v) is 5.38. The normalized spacial score (nSPS) is 11.0. The van der Waals surface area contributed by atoms with Crippen LogP contribution in [-0.2, 0) is 13.1 Å². The molecule has 0 N–H and O–H groups in total. The Bertz CT molecular complexity index is 1260. The molecule has 0 saturated carbocycles. The Labute approximate surface area is 174 Å². The van der Waals surface area contributed by atoms with E-state index in [1.54, 1.807) is 12.1 Å². The zero-order valence-electron chi connectivity index (χ0n) is 16.9. The molecule has 0 atom stereocenters. The molecule has 0 saturated heterocycles. The van der Waals surface area contributed by atoms with E-state index in [-0.39, 0.29) is 18.0 Å². The number of ketones is 1. The second-order valence-electron chi connectivity index (χ2n) is 7.51. The number of rotatable bonds is 6. The molecule has 1 heterocycles. The van der Waals surface area contributed by atoms with E-state index in [1.807, 2.05) is 29.1 Å². The highest BCUT2D eigenvalue weighted by Crippen LogP contribution is 2.20. The molecule has 0 aliphatic rings. The van der Waals surface area contributed by atoms with Gasteiger partial charge < -0.3 is 0 Å². The second kappa shape index (κ2) is 7.91. The van der Waals surface area contributed by atoms with Gasteiger partial charge in [-0.25, -0.2) is 9.13 Å². The number of fused-ring (bicyclic) bond motifs is 1. The summed E-state index contributed by atoms with van der Waals surface area (Å²) in [6.07, 6.45) is 1.95. The van der Waals surface area contributed by atoms with Crippen LogP contribution in [0, 0.1) is 24.0 Å². The Balaban J connectivity index is 1.73. The van der Waals surface area contributed by atoms with Gasteiger partial charge in [-0.1, -0.05) is 42.5 Å². The number of Topliss-reactive ketones (excluding diaryl/α,β-unsaturated/α-hetero) is 1. The lowest BCUT2D eigenvalue weighted by Crippen LogP contribution is -2.33. The van der Waals surface area contributed by atoms with Crippen molar-refractivity contribution in [2.24, 2.45) is 0 Å². The summed E-state index contributed by atoms with van der Waals surface area (Å²) < 4.78 is 4.06. The molecule has 4 rings (SSSR count). The number of hydrogen-bond acceptors (Lipinski definition) is 3. The first-order chi connectivity index (χ1) is 14.4. The molecule has 6 nitrogen and oxygen atoms in total. The molecule has 0 unspecified atom stereocenters. The minimum Gasteiger partial charge on any atom is -0.290 e. The van der Waals surface area contributed by atoms with Crippen molar-refractivity contribution in [2.75, 3.05) is 0 Å². The fraction of sp³-hybridized carbons (Fsp3) is 0.167.